The van der Waals surface area contributed by atoms with Gasteiger partial charge in [0, 0.05) is 11.8 Å². The van der Waals surface area contributed by atoms with Crippen molar-refractivity contribution in [2.24, 2.45) is 5.41 Å². The minimum atomic E-state index is -0.848. The van der Waals surface area contributed by atoms with Crippen LogP contribution in [0.15, 0.2) is 0 Å². The summed E-state index contributed by atoms with van der Waals surface area (Å²) < 4.78 is 5.02. The van der Waals surface area contributed by atoms with Crippen molar-refractivity contribution in [3.63, 3.8) is 0 Å². The Hall–Kier alpha value is -1.06. The van der Waals surface area contributed by atoms with Crippen LogP contribution in [0.4, 0.5) is 0 Å². The molecule has 0 spiro atoms. The first-order valence-corrected chi connectivity index (χ1v) is 4.33. The van der Waals surface area contributed by atoms with Crippen molar-refractivity contribution in [3.8, 4) is 0 Å². The van der Waals surface area contributed by atoms with Crippen molar-refractivity contribution in [2.75, 3.05) is 0 Å². The molecule has 74 valence electrons. The van der Waals surface area contributed by atoms with Crippen molar-refractivity contribution in [1.82, 2.24) is 0 Å². The third-order valence-electron chi connectivity index (χ3n) is 2.37. The van der Waals surface area contributed by atoms with Gasteiger partial charge in [0.1, 0.15) is 6.10 Å². The van der Waals surface area contributed by atoms with Gasteiger partial charge in [-0.05, 0) is 6.42 Å². The maximum absolute atomic E-state index is 10.9. The summed E-state index contributed by atoms with van der Waals surface area (Å²) in [7, 11) is 0. The van der Waals surface area contributed by atoms with Gasteiger partial charge in [-0.25, -0.2) is 0 Å². The van der Waals surface area contributed by atoms with Crippen LogP contribution < -0.4 is 0 Å². The zero-order chi connectivity index (χ0) is 10.1. The SMILES string of the molecule is CC1(C)CC(=O)OC1CCC(=O)O. The summed E-state index contributed by atoms with van der Waals surface area (Å²) in [4.78, 5) is 21.3. The highest BCUT2D eigenvalue weighted by Gasteiger charge is 2.41. The fourth-order valence-corrected chi connectivity index (χ4v) is 1.55. The number of hydrogen-bond donors (Lipinski definition) is 1. The molecule has 0 aliphatic carbocycles. The maximum Gasteiger partial charge on any atom is 0.306 e. The van der Waals surface area contributed by atoms with Gasteiger partial charge in [-0.3, -0.25) is 9.59 Å². The summed E-state index contributed by atoms with van der Waals surface area (Å²) in [5.41, 5.74) is -0.216. The number of carbonyl (C=O) groups excluding carboxylic acids is 1. The van der Waals surface area contributed by atoms with E-state index >= 15 is 0 Å². The van der Waals surface area contributed by atoms with Crippen LogP contribution in [-0.2, 0) is 14.3 Å². The first-order chi connectivity index (χ1) is 5.92. The van der Waals surface area contributed by atoms with Crippen LogP contribution in [0.3, 0.4) is 0 Å². The number of carbonyl (C=O) groups is 2. The monoisotopic (exact) mass is 186 g/mol. The van der Waals surface area contributed by atoms with E-state index in [4.69, 9.17) is 9.84 Å². The molecule has 0 saturated carbocycles. The van der Waals surface area contributed by atoms with Crippen LogP contribution in [-0.4, -0.2) is 23.1 Å². The molecule has 1 rings (SSSR count). The number of cyclic esters (lactones) is 1. The second-order valence-corrected chi connectivity index (χ2v) is 4.08. The molecule has 0 aromatic rings. The van der Waals surface area contributed by atoms with E-state index in [0.717, 1.165) is 0 Å². The van der Waals surface area contributed by atoms with Crippen LogP contribution in [0, 0.1) is 5.41 Å². The van der Waals surface area contributed by atoms with Crippen molar-refractivity contribution < 1.29 is 19.4 Å². The average molecular weight is 186 g/mol. The van der Waals surface area contributed by atoms with E-state index in [0.29, 0.717) is 12.8 Å². The fraction of sp³-hybridized carbons (Fsp3) is 0.778. The van der Waals surface area contributed by atoms with Crippen LogP contribution >= 0.6 is 0 Å². The lowest BCUT2D eigenvalue weighted by Gasteiger charge is -2.22. The van der Waals surface area contributed by atoms with Crippen LogP contribution in [0.25, 0.3) is 0 Å². The Morgan fingerprint density at radius 2 is 2.31 bits per heavy atom. The van der Waals surface area contributed by atoms with E-state index in [2.05, 4.69) is 0 Å². The zero-order valence-corrected chi connectivity index (χ0v) is 7.87. The Labute approximate surface area is 76.9 Å². The van der Waals surface area contributed by atoms with E-state index in [1.165, 1.54) is 0 Å². The third-order valence-corrected chi connectivity index (χ3v) is 2.37. The van der Waals surface area contributed by atoms with E-state index in [1.807, 2.05) is 13.8 Å². The van der Waals surface area contributed by atoms with Gasteiger partial charge in [0.25, 0.3) is 0 Å². The Morgan fingerprint density at radius 3 is 2.69 bits per heavy atom. The molecule has 0 aromatic heterocycles. The largest absolute Gasteiger partial charge is 0.481 e. The zero-order valence-electron chi connectivity index (χ0n) is 7.87. The standard InChI is InChI=1S/C9H14O4/c1-9(2)5-8(12)13-6(9)3-4-7(10)11/h6H,3-5H2,1-2H3,(H,10,11). The van der Waals surface area contributed by atoms with Gasteiger partial charge in [0.2, 0.25) is 0 Å². The predicted octanol–water partition coefficient (Wildman–Crippen LogP) is 1.19. The van der Waals surface area contributed by atoms with Crippen molar-refractivity contribution in [2.45, 2.75) is 39.2 Å². The van der Waals surface area contributed by atoms with Gasteiger partial charge in [-0.1, -0.05) is 13.8 Å². The summed E-state index contributed by atoms with van der Waals surface area (Å²) in [6.07, 6.45) is 0.614. The topological polar surface area (TPSA) is 63.6 Å². The van der Waals surface area contributed by atoms with Crippen molar-refractivity contribution >= 4 is 11.9 Å². The maximum atomic E-state index is 10.9. The molecule has 0 amide bonds. The third kappa shape index (κ3) is 2.44. The molecule has 1 heterocycles. The summed E-state index contributed by atoms with van der Waals surface area (Å²) in [6, 6.07) is 0. The van der Waals surface area contributed by atoms with Gasteiger partial charge in [-0.15, -0.1) is 0 Å². The molecule has 1 aliphatic rings. The Kier molecular flexibility index (Phi) is 2.59. The molecule has 1 saturated heterocycles. The summed E-state index contributed by atoms with van der Waals surface area (Å²) in [6.45, 7) is 3.84. The fourth-order valence-electron chi connectivity index (χ4n) is 1.55. The highest BCUT2D eigenvalue weighted by atomic mass is 16.6. The number of rotatable bonds is 3. The van der Waals surface area contributed by atoms with Crippen molar-refractivity contribution in [3.05, 3.63) is 0 Å². The first-order valence-electron chi connectivity index (χ1n) is 4.33. The number of aliphatic carboxylic acids is 1. The molecular weight excluding hydrogens is 172 g/mol. The lowest BCUT2D eigenvalue weighted by molar-refractivity contribution is -0.144. The van der Waals surface area contributed by atoms with Gasteiger partial charge in [-0.2, -0.15) is 0 Å². The van der Waals surface area contributed by atoms with Crippen molar-refractivity contribution in [1.29, 1.82) is 0 Å². The number of carboxylic acids is 1. The number of ether oxygens (including phenoxy) is 1. The number of carboxylic acid groups (broad SMARTS) is 1. The molecule has 0 bridgehead atoms. The minimum absolute atomic E-state index is 0.0569. The number of hydrogen-bond acceptors (Lipinski definition) is 3. The molecule has 1 fully saturated rings. The smallest absolute Gasteiger partial charge is 0.306 e. The second-order valence-electron chi connectivity index (χ2n) is 4.08. The van der Waals surface area contributed by atoms with Crippen LogP contribution in [0.1, 0.15) is 33.1 Å². The molecule has 13 heavy (non-hydrogen) atoms. The van der Waals surface area contributed by atoms with Gasteiger partial charge >= 0.3 is 11.9 Å². The molecule has 0 aromatic carbocycles. The highest BCUT2D eigenvalue weighted by Crippen LogP contribution is 2.36. The van der Waals surface area contributed by atoms with E-state index < -0.39 is 5.97 Å². The Bertz CT molecular complexity index is 232. The molecule has 4 heteroatoms. The molecule has 1 unspecified atom stereocenters. The average Bonchev–Trinajstić information content (AvgIpc) is 2.19. The molecule has 1 aliphatic heterocycles. The molecule has 1 N–H and O–H groups in total. The minimum Gasteiger partial charge on any atom is -0.481 e. The normalized spacial score (nSPS) is 25.7. The lowest BCUT2D eigenvalue weighted by atomic mass is 9.83. The second kappa shape index (κ2) is 3.36. The van der Waals surface area contributed by atoms with E-state index in [-0.39, 0.29) is 23.9 Å². The van der Waals surface area contributed by atoms with Crippen LogP contribution in [0.2, 0.25) is 0 Å². The Morgan fingerprint density at radius 1 is 1.69 bits per heavy atom. The lowest BCUT2D eigenvalue weighted by Crippen LogP contribution is -2.24. The predicted molar refractivity (Wildman–Crippen MR) is 45.1 cm³/mol. The van der Waals surface area contributed by atoms with Gasteiger partial charge < -0.3 is 9.84 Å². The summed E-state index contributed by atoms with van der Waals surface area (Å²) >= 11 is 0. The van der Waals surface area contributed by atoms with Gasteiger partial charge in [0.15, 0.2) is 0 Å². The molecule has 4 nitrogen and oxygen atoms in total. The molecular formula is C9H14O4. The Balaban J connectivity index is 2.50. The molecule has 1 atom stereocenters. The van der Waals surface area contributed by atoms with Crippen LogP contribution in [0.5, 0.6) is 0 Å². The number of esters is 1. The summed E-state index contributed by atoms with van der Waals surface area (Å²) in [5, 5.41) is 8.47. The first kappa shape index (κ1) is 10.0. The van der Waals surface area contributed by atoms with E-state index in [1.54, 1.807) is 0 Å². The quantitative estimate of drug-likeness (QED) is 0.672. The summed E-state index contributed by atoms with van der Waals surface area (Å²) in [5.74, 6) is -1.07. The van der Waals surface area contributed by atoms with E-state index in [9.17, 15) is 9.59 Å². The highest BCUT2D eigenvalue weighted by molar-refractivity contribution is 5.73. The van der Waals surface area contributed by atoms with Gasteiger partial charge in [0.05, 0.1) is 6.42 Å². The molecule has 0 radical (unpaired) electrons.